The number of halogens is 4. The van der Waals surface area contributed by atoms with Gasteiger partial charge in [-0.25, -0.2) is 4.39 Å². The number of hydrogen-bond acceptors (Lipinski definition) is 5. The lowest BCUT2D eigenvalue weighted by Crippen LogP contribution is -2.57. The Labute approximate surface area is 237 Å². The molecule has 2 fully saturated rings. The lowest BCUT2D eigenvalue weighted by Gasteiger charge is -2.40. The summed E-state index contributed by atoms with van der Waals surface area (Å²) in [7, 11) is 4.60. The van der Waals surface area contributed by atoms with Gasteiger partial charge in [0.25, 0.3) is 17.4 Å². The minimum Gasteiger partial charge on any atom is -0.497 e. The van der Waals surface area contributed by atoms with Gasteiger partial charge < -0.3 is 24.5 Å². The molecule has 2 saturated heterocycles. The van der Waals surface area contributed by atoms with Crippen molar-refractivity contribution in [3.63, 3.8) is 0 Å². The minimum atomic E-state index is -5.35. The maximum absolute atomic E-state index is 14.1. The number of carbonyl (C=O) groups excluding carboxylic acids is 2. The molecule has 2 aliphatic rings. The van der Waals surface area contributed by atoms with Crippen LogP contribution >= 0.6 is 0 Å². The van der Waals surface area contributed by atoms with Gasteiger partial charge in [-0.2, -0.15) is 13.2 Å². The summed E-state index contributed by atoms with van der Waals surface area (Å²) in [5.41, 5.74) is -3.07. The van der Waals surface area contributed by atoms with Crippen LogP contribution in [0.25, 0.3) is 0 Å². The SMILES string of the molecule is COc1cc(F)cc([C@@](O)(C(=O)N2CCC(CC3CCN(c4ccc(C(=O)N(C)C)cc4)CC3)CC2)C(F)(F)F)c1. The van der Waals surface area contributed by atoms with E-state index in [1.165, 1.54) is 0 Å². The smallest absolute Gasteiger partial charge is 0.430 e. The second-order valence-electron chi connectivity index (χ2n) is 11.2. The molecular weight excluding hydrogens is 542 g/mol. The highest BCUT2D eigenvalue weighted by molar-refractivity contribution is 5.94. The zero-order valence-electron chi connectivity index (χ0n) is 23.6. The van der Waals surface area contributed by atoms with Gasteiger partial charge in [-0.05, 0) is 80.3 Å². The van der Waals surface area contributed by atoms with Crippen molar-refractivity contribution in [2.45, 2.75) is 43.9 Å². The molecule has 2 aromatic rings. The van der Waals surface area contributed by atoms with Gasteiger partial charge in [0, 0.05) is 63.2 Å². The van der Waals surface area contributed by atoms with Gasteiger partial charge in [0.15, 0.2) is 0 Å². The second kappa shape index (κ2) is 12.3. The topological polar surface area (TPSA) is 73.3 Å². The fraction of sp³-hybridized carbons (Fsp3) is 0.533. The molecule has 7 nitrogen and oxygen atoms in total. The van der Waals surface area contributed by atoms with E-state index in [9.17, 15) is 32.3 Å². The molecule has 11 heteroatoms. The largest absolute Gasteiger partial charge is 0.497 e. The van der Waals surface area contributed by atoms with E-state index >= 15 is 0 Å². The summed E-state index contributed by atoms with van der Waals surface area (Å²) < 4.78 is 61.2. The van der Waals surface area contributed by atoms with Crippen LogP contribution in [0.15, 0.2) is 42.5 Å². The number of ether oxygens (including phenoxy) is 1. The van der Waals surface area contributed by atoms with Crippen molar-refractivity contribution in [2.75, 3.05) is 52.3 Å². The molecule has 0 aromatic heterocycles. The van der Waals surface area contributed by atoms with Crippen molar-refractivity contribution in [3.05, 3.63) is 59.4 Å². The highest BCUT2D eigenvalue weighted by atomic mass is 19.4. The maximum Gasteiger partial charge on any atom is 0.430 e. The summed E-state index contributed by atoms with van der Waals surface area (Å²) in [5.74, 6) is -2.07. The molecule has 2 aromatic carbocycles. The maximum atomic E-state index is 14.1. The van der Waals surface area contributed by atoms with Crippen LogP contribution in [-0.2, 0) is 10.4 Å². The van der Waals surface area contributed by atoms with Crippen LogP contribution in [0, 0.1) is 17.7 Å². The number of benzene rings is 2. The lowest BCUT2D eigenvalue weighted by molar-refractivity contribution is -0.262. The van der Waals surface area contributed by atoms with Crippen LogP contribution in [0.5, 0.6) is 5.75 Å². The van der Waals surface area contributed by atoms with Gasteiger partial charge in [-0.15, -0.1) is 0 Å². The van der Waals surface area contributed by atoms with Crippen LogP contribution in [0.3, 0.4) is 0 Å². The number of likely N-dealkylation sites (tertiary alicyclic amines) is 1. The Morgan fingerprint density at radius 1 is 0.951 bits per heavy atom. The molecule has 0 unspecified atom stereocenters. The van der Waals surface area contributed by atoms with E-state index < -0.39 is 29.1 Å². The zero-order chi connectivity index (χ0) is 29.9. The van der Waals surface area contributed by atoms with Crippen LogP contribution in [0.4, 0.5) is 23.2 Å². The first-order valence-electron chi connectivity index (χ1n) is 13.8. The Bertz CT molecular complexity index is 1220. The molecule has 1 atom stereocenters. The molecule has 41 heavy (non-hydrogen) atoms. The van der Waals surface area contributed by atoms with E-state index in [1.54, 1.807) is 19.0 Å². The number of piperidine rings is 2. The highest BCUT2D eigenvalue weighted by Crippen LogP contribution is 2.43. The molecule has 0 saturated carbocycles. The van der Waals surface area contributed by atoms with E-state index in [1.807, 2.05) is 24.3 Å². The van der Waals surface area contributed by atoms with E-state index in [0.717, 1.165) is 62.2 Å². The van der Waals surface area contributed by atoms with Gasteiger partial charge >= 0.3 is 6.18 Å². The van der Waals surface area contributed by atoms with Crippen molar-refractivity contribution >= 4 is 17.5 Å². The monoisotopic (exact) mass is 579 g/mol. The van der Waals surface area contributed by atoms with Crippen molar-refractivity contribution < 1.29 is 37.0 Å². The first-order chi connectivity index (χ1) is 19.3. The molecule has 2 aliphatic heterocycles. The Morgan fingerprint density at radius 2 is 1.51 bits per heavy atom. The Kier molecular flexibility index (Phi) is 9.16. The number of anilines is 1. The minimum absolute atomic E-state index is 0.0414. The van der Waals surface area contributed by atoms with E-state index in [-0.39, 0.29) is 30.7 Å². The van der Waals surface area contributed by atoms with Crippen LogP contribution in [-0.4, -0.2) is 80.3 Å². The average molecular weight is 580 g/mol. The van der Waals surface area contributed by atoms with E-state index in [0.29, 0.717) is 30.4 Å². The first kappa shape index (κ1) is 30.6. The Morgan fingerprint density at radius 3 is 2.02 bits per heavy atom. The molecule has 0 spiro atoms. The van der Waals surface area contributed by atoms with Crippen LogP contribution in [0.1, 0.15) is 48.0 Å². The molecular formula is C30H37F4N3O4. The van der Waals surface area contributed by atoms with Crippen LogP contribution < -0.4 is 9.64 Å². The molecule has 2 amide bonds. The van der Waals surface area contributed by atoms with Crippen LogP contribution in [0.2, 0.25) is 0 Å². The van der Waals surface area contributed by atoms with Crippen molar-refractivity contribution in [2.24, 2.45) is 11.8 Å². The van der Waals surface area contributed by atoms with E-state index in [2.05, 4.69) is 4.90 Å². The number of carbonyl (C=O) groups is 2. The van der Waals surface area contributed by atoms with Gasteiger partial charge in [-0.1, -0.05) is 0 Å². The van der Waals surface area contributed by atoms with E-state index in [4.69, 9.17) is 4.74 Å². The summed E-state index contributed by atoms with van der Waals surface area (Å²) in [5, 5.41) is 10.7. The van der Waals surface area contributed by atoms with Gasteiger partial charge in [-0.3, -0.25) is 9.59 Å². The fourth-order valence-electron chi connectivity index (χ4n) is 5.87. The molecule has 0 aliphatic carbocycles. The quantitative estimate of drug-likeness (QED) is 0.476. The predicted molar refractivity (Wildman–Crippen MR) is 146 cm³/mol. The van der Waals surface area contributed by atoms with Crippen molar-refractivity contribution in [3.8, 4) is 5.75 Å². The molecule has 1 N–H and O–H groups in total. The molecule has 0 bridgehead atoms. The molecule has 224 valence electrons. The number of methoxy groups -OCH3 is 1. The average Bonchev–Trinajstić information content (AvgIpc) is 2.95. The molecule has 2 heterocycles. The van der Waals surface area contributed by atoms with Crippen molar-refractivity contribution in [1.82, 2.24) is 9.80 Å². The summed E-state index contributed by atoms with van der Waals surface area (Å²) in [4.78, 5) is 30.1. The van der Waals surface area contributed by atoms with Gasteiger partial charge in [0.05, 0.1) is 7.11 Å². The summed E-state index contributed by atoms with van der Waals surface area (Å²) >= 11 is 0. The Hall–Kier alpha value is -3.34. The number of rotatable bonds is 7. The van der Waals surface area contributed by atoms with Gasteiger partial charge in [0.2, 0.25) is 0 Å². The fourth-order valence-corrected chi connectivity index (χ4v) is 5.87. The third kappa shape index (κ3) is 6.60. The third-order valence-corrected chi connectivity index (χ3v) is 8.31. The second-order valence-corrected chi connectivity index (χ2v) is 11.2. The molecule has 4 rings (SSSR count). The third-order valence-electron chi connectivity index (χ3n) is 8.31. The lowest BCUT2D eigenvalue weighted by atomic mass is 9.82. The summed E-state index contributed by atoms with van der Waals surface area (Å²) in [6.45, 7) is 1.92. The standard InChI is InChI=1S/C30H37F4N3O4/c1-35(2)27(38)22-4-6-25(7-5-22)36-12-8-20(9-13-36)16-21-10-14-37(15-11-21)28(39)29(40,30(32,33)34)23-17-24(31)19-26(18-23)41-3/h4-7,17-21,40H,8-16H2,1-3H3/t29-/m1/s1. The number of amides is 2. The number of alkyl halides is 3. The number of hydrogen-bond donors (Lipinski definition) is 1. The highest BCUT2D eigenvalue weighted by Gasteiger charge is 2.62. The molecule has 0 radical (unpaired) electrons. The Balaban J connectivity index is 1.31. The summed E-state index contributed by atoms with van der Waals surface area (Å²) in [6.07, 6.45) is -1.40. The summed E-state index contributed by atoms with van der Waals surface area (Å²) in [6, 6.07) is 9.84. The predicted octanol–water partition coefficient (Wildman–Crippen LogP) is 4.83. The number of nitrogens with zero attached hydrogens (tertiary/aromatic N) is 3. The van der Waals surface area contributed by atoms with Crippen molar-refractivity contribution in [1.29, 1.82) is 0 Å². The zero-order valence-corrected chi connectivity index (χ0v) is 23.6. The van der Waals surface area contributed by atoms with Gasteiger partial charge in [0.1, 0.15) is 11.6 Å². The number of aliphatic hydroxyl groups is 1. The first-order valence-corrected chi connectivity index (χ1v) is 13.8. The normalized spacial score (nSPS) is 18.6.